The van der Waals surface area contributed by atoms with Crippen LogP contribution < -0.4 is 0 Å². The van der Waals surface area contributed by atoms with Crippen molar-refractivity contribution >= 4 is 11.6 Å². The van der Waals surface area contributed by atoms with E-state index in [1.807, 2.05) is 91.0 Å². The number of hydrogen-bond acceptors (Lipinski definition) is 2. The molecule has 0 aliphatic heterocycles. The van der Waals surface area contributed by atoms with E-state index >= 15 is 0 Å². The summed E-state index contributed by atoms with van der Waals surface area (Å²) in [6.45, 7) is 3.51. The van der Waals surface area contributed by atoms with Crippen molar-refractivity contribution in [3.63, 3.8) is 0 Å². The van der Waals surface area contributed by atoms with Gasteiger partial charge in [0.1, 0.15) is 0 Å². The number of carbonyl (C=O) groups is 2. The van der Waals surface area contributed by atoms with Gasteiger partial charge in [0.2, 0.25) is 0 Å². The third-order valence-corrected chi connectivity index (χ3v) is 3.50. The molecule has 124 valence electrons. The van der Waals surface area contributed by atoms with E-state index in [-0.39, 0.29) is 11.6 Å². The van der Waals surface area contributed by atoms with Crippen LogP contribution in [-0.4, -0.2) is 11.6 Å². The molecular weight excluding hydrogens is 308 g/mol. The minimum atomic E-state index is 0.0752. The lowest BCUT2D eigenvalue weighted by Gasteiger charge is -1.99. The van der Waals surface area contributed by atoms with E-state index in [0.29, 0.717) is 6.42 Å². The highest BCUT2D eigenvalue weighted by Gasteiger charge is 2.06. The van der Waals surface area contributed by atoms with Crippen molar-refractivity contribution < 1.29 is 9.59 Å². The normalized spacial score (nSPS) is 9.44. The van der Waals surface area contributed by atoms with Gasteiger partial charge in [-0.2, -0.15) is 0 Å². The van der Waals surface area contributed by atoms with E-state index in [1.165, 1.54) is 0 Å². The van der Waals surface area contributed by atoms with E-state index in [2.05, 4.69) is 6.58 Å². The van der Waals surface area contributed by atoms with E-state index in [4.69, 9.17) is 0 Å². The van der Waals surface area contributed by atoms with Crippen LogP contribution in [0, 0.1) is 0 Å². The van der Waals surface area contributed by atoms with Gasteiger partial charge < -0.3 is 0 Å². The zero-order valence-electron chi connectivity index (χ0n) is 14.0. The molecule has 0 bridgehead atoms. The third kappa shape index (κ3) is 5.70. The SMILES string of the molecule is C=CCC(=O)c1ccccc1.O=C(c1ccccc1)c1ccccc1. The molecule has 0 atom stereocenters. The van der Waals surface area contributed by atoms with Crippen LogP contribution in [0.3, 0.4) is 0 Å². The molecule has 0 saturated heterocycles. The molecule has 0 aliphatic carbocycles. The molecule has 0 unspecified atom stereocenters. The summed E-state index contributed by atoms with van der Waals surface area (Å²) in [6.07, 6.45) is 2.04. The summed E-state index contributed by atoms with van der Waals surface area (Å²) in [6, 6.07) is 27.8. The van der Waals surface area contributed by atoms with Gasteiger partial charge in [-0.1, -0.05) is 97.1 Å². The summed E-state index contributed by atoms with van der Waals surface area (Å²) in [5, 5.41) is 0. The van der Waals surface area contributed by atoms with Crippen molar-refractivity contribution in [3.8, 4) is 0 Å². The van der Waals surface area contributed by atoms with Gasteiger partial charge in [0.15, 0.2) is 11.6 Å². The zero-order valence-corrected chi connectivity index (χ0v) is 14.0. The molecule has 0 aromatic heterocycles. The van der Waals surface area contributed by atoms with Crippen LogP contribution in [0.2, 0.25) is 0 Å². The summed E-state index contributed by atoms with van der Waals surface area (Å²) < 4.78 is 0. The molecule has 0 radical (unpaired) electrons. The maximum atomic E-state index is 11.8. The first-order valence-corrected chi connectivity index (χ1v) is 8.06. The summed E-state index contributed by atoms with van der Waals surface area (Å²) in [7, 11) is 0. The monoisotopic (exact) mass is 328 g/mol. The Balaban J connectivity index is 0.000000186. The second kappa shape index (κ2) is 9.78. The zero-order chi connectivity index (χ0) is 17.9. The van der Waals surface area contributed by atoms with Gasteiger partial charge in [-0.05, 0) is 0 Å². The highest BCUT2D eigenvalue weighted by molar-refractivity contribution is 6.08. The van der Waals surface area contributed by atoms with Gasteiger partial charge in [0.05, 0.1) is 0 Å². The Morgan fingerprint density at radius 3 is 1.36 bits per heavy atom. The third-order valence-electron chi connectivity index (χ3n) is 3.50. The smallest absolute Gasteiger partial charge is 0.193 e. The van der Waals surface area contributed by atoms with Crippen LogP contribution >= 0.6 is 0 Å². The molecule has 25 heavy (non-hydrogen) atoms. The Kier molecular flexibility index (Phi) is 7.08. The van der Waals surface area contributed by atoms with Crippen LogP contribution in [0.4, 0.5) is 0 Å². The maximum absolute atomic E-state index is 11.8. The molecule has 3 aromatic carbocycles. The summed E-state index contributed by atoms with van der Waals surface area (Å²) in [5.41, 5.74) is 2.23. The van der Waals surface area contributed by atoms with Crippen LogP contribution in [0.5, 0.6) is 0 Å². The fourth-order valence-corrected chi connectivity index (χ4v) is 2.22. The van der Waals surface area contributed by atoms with Crippen molar-refractivity contribution in [2.24, 2.45) is 0 Å². The first-order valence-electron chi connectivity index (χ1n) is 8.06. The first kappa shape index (κ1) is 18.1. The number of carbonyl (C=O) groups excluding carboxylic acids is 2. The molecule has 2 nitrogen and oxygen atoms in total. The van der Waals surface area contributed by atoms with Gasteiger partial charge in [-0.3, -0.25) is 9.59 Å². The lowest BCUT2D eigenvalue weighted by atomic mass is 10.0. The average molecular weight is 328 g/mol. The van der Waals surface area contributed by atoms with Crippen molar-refractivity contribution in [2.75, 3.05) is 0 Å². The standard InChI is InChI=1S/C13H10O.C10H10O/c14-13(11-7-3-1-4-8-11)12-9-5-2-6-10-12;1-2-6-10(11)9-7-4-3-5-8-9/h1-10H;2-5,7-8H,1,6H2. The summed E-state index contributed by atoms with van der Waals surface area (Å²) >= 11 is 0. The first-order chi connectivity index (χ1) is 12.2. The number of hydrogen-bond donors (Lipinski definition) is 0. The van der Waals surface area contributed by atoms with Crippen molar-refractivity contribution in [3.05, 3.63) is 120 Å². The number of rotatable bonds is 5. The van der Waals surface area contributed by atoms with Gasteiger partial charge in [0.25, 0.3) is 0 Å². The van der Waals surface area contributed by atoms with E-state index in [0.717, 1.165) is 16.7 Å². The van der Waals surface area contributed by atoms with Gasteiger partial charge >= 0.3 is 0 Å². The Morgan fingerprint density at radius 2 is 1.00 bits per heavy atom. The van der Waals surface area contributed by atoms with Crippen LogP contribution in [-0.2, 0) is 0 Å². The minimum absolute atomic E-state index is 0.0752. The van der Waals surface area contributed by atoms with Crippen LogP contribution in [0.15, 0.2) is 104 Å². The largest absolute Gasteiger partial charge is 0.294 e. The van der Waals surface area contributed by atoms with Gasteiger partial charge in [0, 0.05) is 23.1 Å². The highest BCUT2D eigenvalue weighted by Crippen LogP contribution is 2.08. The van der Waals surface area contributed by atoms with Crippen molar-refractivity contribution in [1.29, 1.82) is 0 Å². The fourth-order valence-electron chi connectivity index (χ4n) is 2.22. The Hall–Kier alpha value is -3.26. The predicted octanol–water partition coefficient (Wildman–Crippen LogP) is 5.36. The molecule has 0 aliphatic rings. The topological polar surface area (TPSA) is 34.1 Å². The highest BCUT2D eigenvalue weighted by atomic mass is 16.1. The van der Waals surface area contributed by atoms with Crippen LogP contribution in [0.1, 0.15) is 32.7 Å². The van der Waals surface area contributed by atoms with Gasteiger partial charge in [-0.25, -0.2) is 0 Å². The molecule has 0 amide bonds. The molecule has 0 saturated carbocycles. The molecule has 3 aromatic rings. The Labute approximate surface area is 148 Å². The number of benzene rings is 3. The van der Waals surface area contributed by atoms with Crippen molar-refractivity contribution in [1.82, 2.24) is 0 Å². The molecule has 0 heterocycles. The Morgan fingerprint density at radius 1 is 0.640 bits per heavy atom. The molecular formula is C23H20O2. The lowest BCUT2D eigenvalue weighted by molar-refractivity contribution is 0.0994. The van der Waals surface area contributed by atoms with E-state index in [1.54, 1.807) is 6.08 Å². The Bertz CT molecular complexity index is 765. The molecule has 3 rings (SSSR count). The van der Waals surface area contributed by atoms with Crippen LogP contribution in [0.25, 0.3) is 0 Å². The fraction of sp³-hybridized carbons (Fsp3) is 0.0435. The van der Waals surface area contributed by atoms with Gasteiger partial charge in [-0.15, -0.1) is 6.58 Å². The lowest BCUT2D eigenvalue weighted by Crippen LogP contribution is -1.99. The molecule has 0 N–H and O–H groups in total. The quantitative estimate of drug-likeness (QED) is 0.466. The second-order valence-corrected chi connectivity index (χ2v) is 5.34. The number of Topliss-reactive ketones (excluding diaryl/α,β-unsaturated/α-hetero) is 1. The predicted molar refractivity (Wildman–Crippen MR) is 102 cm³/mol. The number of ketones is 2. The molecule has 0 spiro atoms. The van der Waals surface area contributed by atoms with E-state index in [9.17, 15) is 9.59 Å². The summed E-state index contributed by atoms with van der Waals surface area (Å²) in [5.74, 6) is 0.201. The number of allylic oxidation sites excluding steroid dienone is 1. The van der Waals surface area contributed by atoms with E-state index < -0.39 is 0 Å². The molecule has 0 fully saturated rings. The molecule has 2 heteroatoms. The average Bonchev–Trinajstić information content (AvgIpc) is 2.70. The maximum Gasteiger partial charge on any atom is 0.193 e. The second-order valence-electron chi connectivity index (χ2n) is 5.34. The minimum Gasteiger partial charge on any atom is -0.294 e. The van der Waals surface area contributed by atoms with Crippen molar-refractivity contribution in [2.45, 2.75) is 6.42 Å². The summed E-state index contributed by atoms with van der Waals surface area (Å²) in [4.78, 5) is 23.0.